The lowest BCUT2D eigenvalue weighted by Gasteiger charge is -2.45. The molecule has 0 spiro atoms. The van der Waals surface area contributed by atoms with Crippen LogP contribution in [0.1, 0.15) is 73.0 Å². The van der Waals surface area contributed by atoms with Gasteiger partial charge < -0.3 is 9.80 Å². The van der Waals surface area contributed by atoms with Gasteiger partial charge in [0, 0.05) is 16.7 Å². The fourth-order valence-corrected chi connectivity index (χ4v) is 7.96. The van der Waals surface area contributed by atoms with Crippen LogP contribution in [0.15, 0.2) is 85.1 Å². The molecule has 0 radical (unpaired) electrons. The highest BCUT2D eigenvalue weighted by atomic mass is 15.5. The van der Waals surface area contributed by atoms with Crippen LogP contribution < -0.4 is 4.90 Å². The van der Waals surface area contributed by atoms with Gasteiger partial charge in [-0.1, -0.05) is 92.1 Å². The van der Waals surface area contributed by atoms with E-state index in [2.05, 4.69) is 123 Å². The molecule has 2 nitrogen and oxygen atoms in total. The Morgan fingerprint density at radius 1 is 0.722 bits per heavy atom. The van der Waals surface area contributed by atoms with Gasteiger partial charge in [-0.2, -0.15) is 0 Å². The molecular formula is C34H40N2. The normalized spacial score (nSPS) is 28.1. The van der Waals surface area contributed by atoms with Crippen LogP contribution in [-0.4, -0.2) is 17.0 Å². The Morgan fingerprint density at radius 2 is 1.36 bits per heavy atom. The van der Waals surface area contributed by atoms with E-state index in [1.54, 1.807) is 0 Å². The van der Waals surface area contributed by atoms with Crippen molar-refractivity contribution in [2.24, 2.45) is 5.92 Å². The molecule has 0 N–H and O–H groups in total. The van der Waals surface area contributed by atoms with Crippen molar-refractivity contribution in [3.63, 3.8) is 0 Å². The van der Waals surface area contributed by atoms with Crippen LogP contribution in [0.25, 0.3) is 0 Å². The molecule has 1 saturated carbocycles. The molecule has 186 valence electrons. The number of hydrogen-bond donors (Lipinski definition) is 0. The number of rotatable bonds is 4. The predicted octanol–water partition coefficient (Wildman–Crippen LogP) is 8.24. The largest absolute Gasteiger partial charge is 0.348 e. The number of benzene rings is 3. The zero-order valence-electron chi connectivity index (χ0n) is 22.3. The maximum Gasteiger partial charge on any atom is 0.129 e. The Balaban J connectivity index is 1.57. The van der Waals surface area contributed by atoms with Crippen molar-refractivity contribution < 1.29 is 0 Å². The van der Waals surface area contributed by atoms with Gasteiger partial charge in [-0.25, -0.2) is 0 Å². The molecule has 36 heavy (non-hydrogen) atoms. The molecule has 2 aliphatic heterocycles. The van der Waals surface area contributed by atoms with Crippen LogP contribution in [0, 0.1) is 26.7 Å². The monoisotopic (exact) mass is 476 g/mol. The molecule has 0 aromatic heterocycles. The Kier molecular flexibility index (Phi) is 5.94. The van der Waals surface area contributed by atoms with Gasteiger partial charge in [0.05, 0.1) is 12.1 Å². The van der Waals surface area contributed by atoms with Crippen molar-refractivity contribution in [1.82, 2.24) is 4.90 Å². The Bertz CT molecular complexity index is 1230. The molecule has 1 saturated heterocycles. The maximum atomic E-state index is 2.75. The highest BCUT2D eigenvalue weighted by Crippen LogP contribution is 2.57. The van der Waals surface area contributed by atoms with Gasteiger partial charge in [-0.15, -0.1) is 0 Å². The topological polar surface area (TPSA) is 6.48 Å². The van der Waals surface area contributed by atoms with E-state index in [1.165, 1.54) is 65.6 Å². The summed E-state index contributed by atoms with van der Waals surface area (Å²) >= 11 is 0. The molecule has 3 aromatic rings. The molecule has 1 aliphatic carbocycles. The second-order valence-corrected chi connectivity index (χ2v) is 11.5. The van der Waals surface area contributed by atoms with E-state index in [9.17, 15) is 0 Å². The first-order valence-corrected chi connectivity index (χ1v) is 14.0. The van der Waals surface area contributed by atoms with Gasteiger partial charge in [-0.05, 0) is 81.0 Å². The van der Waals surface area contributed by atoms with Crippen molar-refractivity contribution in [3.05, 3.63) is 113 Å². The van der Waals surface area contributed by atoms with Crippen molar-refractivity contribution in [1.29, 1.82) is 0 Å². The van der Waals surface area contributed by atoms with E-state index in [4.69, 9.17) is 0 Å². The Hall–Kier alpha value is -3.00. The lowest BCUT2D eigenvalue weighted by Crippen LogP contribution is -2.51. The van der Waals surface area contributed by atoms with Crippen molar-refractivity contribution in [3.8, 4) is 0 Å². The molecule has 2 heterocycles. The van der Waals surface area contributed by atoms with Crippen molar-refractivity contribution >= 4 is 5.69 Å². The molecule has 2 fully saturated rings. The third-order valence-corrected chi connectivity index (χ3v) is 9.52. The number of aryl methyl sites for hydroxylation is 3. The predicted molar refractivity (Wildman–Crippen MR) is 151 cm³/mol. The lowest BCUT2D eigenvalue weighted by molar-refractivity contribution is 0.151. The van der Waals surface area contributed by atoms with E-state index < -0.39 is 0 Å². The average Bonchev–Trinajstić information content (AvgIpc) is 3.43. The van der Waals surface area contributed by atoms with Gasteiger partial charge >= 0.3 is 0 Å². The first-order chi connectivity index (χ1) is 17.5. The summed E-state index contributed by atoms with van der Waals surface area (Å²) in [7, 11) is 0. The van der Waals surface area contributed by atoms with Crippen LogP contribution in [-0.2, 0) is 5.41 Å². The van der Waals surface area contributed by atoms with Crippen LogP contribution in [0.4, 0.5) is 5.69 Å². The first kappa shape index (κ1) is 23.4. The zero-order chi connectivity index (χ0) is 24.9. The molecule has 3 aromatic carbocycles. The van der Waals surface area contributed by atoms with Crippen LogP contribution >= 0.6 is 0 Å². The van der Waals surface area contributed by atoms with Crippen LogP contribution in [0.2, 0.25) is 0 Å². The van der Waals surface area contributed by atoms with Crippen molar-refractivity contribution in [2.75, 3.05) is 4.90 Å². The fourth-order valence-electron chi connectivity index (χ4n) is 7.96. The van der Waals surface area contributed by atoms with Gasteiger partial charge in [0.15, 0.2) is 0 Å². The average molecular weight is 477 g/mol. The standard InChI is InChI=1S/C34H40N2/c1-24-14-11-12-21-30(24)36-27(4)32-34(28-17-7-5-8-18-28,29-19-9-6-10-20-29)22-23-35(32)33(36)31-25(2)15-13-16-26(31)3/h5,7-8,11-18,21-23,27,29,32-33H,6,9-10,19-20H2,1-4H3/t27-,32?,33?,34?/m0/s1. The molecule has 6 rings (SSSR count). The summed E-state index contributed by atoms with van der Waals surface area (Å²) in [4.78, 5) is 5.49. The molecule has 0 bridgehead atoms. The summed E-state index contributed by atoms with van der Waals surface area (Å²) in [6, 6.07) is 28.0. The van der Waals surface area contributed by atoms with Crippen LogP contribution in [0.3, 0.4) is 0 Å². The SMILES string of the molecule is Cc1ccccc1N1C(c2c(C)cccc2C)N2C=CC(c3ccccc3)(C3CCCCC3)C2[C@@H]1C. The third kappa shape index (κ3) is 3.44. The van der Waals surface area contributed by atoms with E-state index in [1.807, 2.05) is 0 Å². The summed E-state index contributed by atoms with van der Waals surface area (Å²) in [6.07, 6.45) is 12.1. The molecule has 0 amide bonds. The molecule has 4 atom stereocenters. The summed E-state index contributed by atoms with van der Waals surface area (Å²) in [5, 5.41) is 0. The summed E-state index contributed by atoms with van der Waals surface area (Å²) in [5.74, 6) is 0.679. The van der Waals surface area contributed by atoms with E-state index >= 15 is 0 Å². The third-order valence-electron chi connectivity index (χ3n) is 9.52. The molecule has 3 aliphatic rings. The fraction of sp³-hybridized carbons (Fsp3) is 0.412. The summed E-state index contributed by atoms with van der Waals surface area (Å²) in [6.45, 7) is 9.35. The minimum absolute atomic E-state index is 0.0351. The first-order valence-electron chi connectivity index (χ1n) is 14.0. The van der Waals surface area contributed by atoms with E-state index in [0.717, 1.165) is 0 Å². The van der Waals surface area contributed by atoms with Gasteiger partial charge in [0.1, 0.15) is 6.17 Å². The number of nitrogens with zero attached hydrogens (tertiary/aromatic N) is 2. The molecule has 2 heteroatoms. The van der Waals surface area contributed by atoms with Gasteiger partial charge in [0.2, 0.25) is 0 Å². The Labute approximate surface area is 217 Å². The highest BCUT2D eigenvalue weighted by Gasteiger charge is 2.59. The summed E-state index contributed by atoms with van der Waals surface area (Å²) in [5.41, 5.74) is 8.49. The number of para-hydroxylation sites is 1. The van der Waals surface area contributed by atoms with Crippen molar-refractivity contribution in [2.45, 2.75) is 83.5 Å². The number of fused-ring (bicyclic) bond motifs is 1. The minimum atomic E-state index is 0.0351. The van der Waals surface area contributed by atoms with Gasteiger partial charge in [-0.3, -0.25) is 0 Å². The minimum Gasteiger partial charge on any atom is -0.348 e. The second kappa shape index (κ2) is 9.14. The maximum absolute atomic E-state index is 2.75. The molecule has 3 unspecified atom stereocenters. The number of hydrogen-bond acceptors (Lipinski definition) is 2. The lowest BCUT2D eigenvalue weighted by atomic mass is 9.61. The number of anilines is 1. The van der Waals surface area contributed by atoms with Gasteiger partial charge in [0.25, 0.3) is 0 Å². The van der Waals surface area contributed by atoms with E-state index in [-0.39, 0.29) is 11.6 Å². The quantitative estimate of drug-likeness (QED) is 0.374. The molecular weight excluding hydrogens is 436 g/mol. The van der Waals surface area contributed by atoms with E-state index in [0.29, 0.717) is 18.0 Å². The van der Waals surface area contributed by atoms with Crippen LogP contribution in [0.5, 0.6) is 0 Å². The zero-order valence-corrected chi connectivity index (χ0v) is 22.3. The highest BCUT2D eigenvalue weighted by molar-refractivity contribution is 5.60. The smallest absolute Gasteiger partial charge is 0.129 e. The summed E-state index contributed by atoms with van der Waals surface area (Å²) < 4.78 is 0. The second-order valence-electron chi connectivity index (χ2n) is 11.5. The Morgan fingerprint density at radius 3 is 2.06 bits per heavy atom.